The highest BCUT2D eigenvalue weighted by Gasteiger charge is 2.17. The van der Waals surface area contributed by atoms with E-state index < -0.39 is 0 Å². The Balaban J connectivity index is 1.64. The summed E-state index contributed by atoms with van der Waals surface area (Å²) in [6.45, 7) is 2.22. The van der Waals surface area contributed by atoms with E-state index in [1.54, 1.807) is 29.5 Å². The number of thiophene rings is 1. The number of hydrogen-bond acceptors (Lipinski definition) is 4. The van der Waals surface area contributed by atoms with Gasteiger partial charge < -0.3 is 14.8 Å². The first kappa shape index (κ1) is 13.0. The normalized spacial score (nSPS) is 14.1. The van der Waals surface area contributed by atoms with Crippen LogP contribution in [0.5, 0.6) is 11.5 Å². The highest BCUT2D eigenvalue weighted by Crippen LogP contribution is 2.32. The molecule has 5 heteroatoms. The third-order valence-electron chi connectivity index (χ3n) is 3.10. The lowest BCUT2D eigenvalue weighted by atomic mass is 10.1. The Labute approximate surface area is 121 Å². The van der Waals surface area contributed by atoms with Crippen LogP contribution in [0.4, 0.5) is 0 Å². The molecule has 1 aromatic heterocycles. The van der Waals surface area contributed by atoms with E-state index in [-0.39, 0.29) is 18.7 Å². The molecule has 0 spiro atoms. The molecule has 0 unspecified atom stereocenters. The molecule has 4 nitrogen and oxygen atoms in total. The van der Waals surface area contributed by atoms with Gasteiger partial charge in [-0.25, -0.2) is 0 Å². The average Bonchev–Trinajstić information content (AvgIpc) is 3.07. The summed E-state index contributed by atoms with van der Waals surface area (Å²) in [6.07, 6.45) is 0.841. The number of fused-ring (bicyclic) bond motifs is 1. The summed E-state index contributed by atoms with van der Waals surface area (Å²) < 4.78 is 10.5. The standard InChI is InChI=1S/C15H15NO3S/c1-10(7-12-3-2-6-20-12)16-15(17)11-4-5-13-14(8-11)19-9-18-13/h2-6,8,10H,7,9H2,1H3,(H,16,17)/t10-/m1/s1. The lowest BCUT2D eigenvalue weighted by Crippen LogP contribution is -2.33. The van der Waals surface area contributed by atoms with Gasteiger partial charge in [-0.1, -0.05) is 6.07 Å². The molecule has 1 N–H and O–H groups in total. The van der Waals surface area contributed by atoms with E-state index >= 15 is 0 Å². The first-order valence-corrected chi connectivity index (χ1v) is 7.33. The van der Waals surface area contributed by atoms with Gasteiger partial charge in [0.1, 0.15) is 0 Å². The summed E-state index contributed by atoms with van der Waals surface area (Å²) in [5.74, 6) is 1.23. The van der Waals surface area contributed by atoms with Crippen molar-refractivity contribution in [2.24, 2.45) is 0 Å². The zero-order valence-corrected chi connectivity index (χ0v) is 11.9. The molecule has 1 atom stereocenters. The molecule has 0 radical (unpaired) electrons. The van der Waals surface area contributed by atoms with Crippen LogP contribution in [0, 0.1) is 0 Å². The van der Waals surface area contributed by atoms with Crippen molar-refractivity contribution in [2.45, 2.75) is 19.4 Å². The summed E-state index contributed by atoms with van der Waals surface area (Å²) in [5, 5.41) is 5.04. The van der Waals surface area contributed by atoms with Gasteiger partial charge in [-0.3, -0.25) is 4.79 Å². The van der Waals surface area contributed by atoms with E-state index in [0.717, 1.165) is 6.42 Å². The van der Waals surface area contributed by atoms with Gasteiger partial charge in [0, 0.05) is 22.9 Å². The third kappa shape index (κ3) is 2.77. The Morgan fingerprint density at radius 1 is 1.35 bits per heavy atom. The van der Waals surface area contributed by atoms with Crippen molar-refractivity contribution in [3.63, 3.8) is 0 Å². The molecule has 104 valence electrons. The van der Waals surface area contributed by atoms with E-state index in [4.69, 9.17) is 9.47 Å². The van der Waals surface area contributed by atoms with Gasteiger partial charge in [-0.15, -0.1) is 11.3 Å². The maximum Gasteiger partial charge on any atom is 0.251 e. The summed E-state index contributed by atoms with van der Waals surface area (Å²) in [5.41, 5.74) is 0.590. The van der Waals surface area contributed by atoms with Crippen molar-refractivity contribution >= 4 is 17.2 Å². The zero-order valence-electron chi connectivity index (χ0n) is 11.1. The Morgan fingerprint density at radius 2 is 2.20 bits per heavy atom. The smallest absolute Gasteiger partial charge is 0.251 e. The number of amides is 1. The third-order valence-corrected chi connectivity index (χ3v) is 4.00. The summed E-state index contributed by atoms with van der Waals surface area (Å²) in [7, 11) is 0. The van der Waals surface area contributed by atoms with E-state index in [1.165, 1.54) is 4.88 Å². The predicted octanol–water partition coefficient (Wildman–Crippen LogP) is 2.84. The molecule has 0 saturated heterocycles. The Bertz CT molecular complexity index is 610. The number of rotatable bonds is 4. The van der Waals surface area contributed by atoms with Crippen molar-refractivity contribution in [1.29, 1.82) is 0 Å². The average molecular weight is 289 g/mol. The van der Waals surface area contributed by atoms with Gasteiger partial charge in [-0.05, 0) is 36.6 Å². The highest BCUT2D eigenvalue weighted by molar-refractivity contribution is 7.09. The summed E-state index contributed by atoms with van der Waals surface area (Å²) in [4.78, 5) is 13.4. The quantitative estimate of drug-likeness (QED) is 0.941. The molecule has 3 rings (SSSR count). The molecule has 1 aromatic carbocycles. The first-order valence-electron chi connectivity index (χ1n) is 6.45. The monoisotopic (exact) mass is 289 g/mol. The molecule has 1 amide bonds. The lowest BCUT2D eigenvalue weighted by Gasteiger charge is -2.13. The largest absolute Gasteiger partial charge is 0.454 e. The van der Waals surface area contributed by atoms with Crippen LogP contribution in [-0.4, -0.2) is 18.7 Å². The summed E-state index contributed by atoms with van der Waals surface area (Å²) >= 11 is 1.70. The van der Waals surface area contributed by atoms with Crippen molar-refractivity contribution in [3.05, 3.63) is 46.2 Å². The van der Waals surface area contributed by atoms with Crippen LogP contribution >= 0.6 is 11.3 Å². The van der Waals surface area contributed by atoms with Crippen LogP contribution in [0.3, 0.4) is 0 Å². The molecule has 0 bridgehead atoms. The fourth-order valence-corrected chi connectivity index (χ4v) is 2.96. The minimum absolute atomic E-state index is 0.0894. The minimum Gasteiger partial charge on any atom is -0.454 e. The topological polar surface area (TPSA) is 47.6 Å². The Kier molecular flexibility index (Phi) is 3.60. The maximum atomic E-state index is 12.2. The van der Waals surface area contributed by atoms with Crippen LogP contribution in [0.15, 0.2) is 35.7 Å². The van der Waals surface area contributed by atoms with Gasteiger partial charge >= 0.3 is 0 Å². The van der Waals surface area contributed by atoms with Crippen molar-refractivity contribution in [2.75, 3.05) is 6.79 Å². The number of nitrogens with one attached hydrogen (secondary N) is 1. The SMILES string of the molecule is C[C@H](Cc1cccs1)NC(=O)c1ccc2c(c1)OCO2. The molecular formula is C15H15NO3S. The van der Waals surface area contributed by atoms with Gasteiger partial charge in [0.2, 0.25) is 6.79 Å². The van der Waals surface area contributed by atoms with Crippen molar-refractivity contribution in [1.82, 2.24) is 5.32 Å². The van der Waals surface area contributed by atoms with Gasteiger partial charge in [0.25, 0.3) is 5.91 Å². The number of carbonyl (C=O) groups excluding carboxylic acids is 1. The molecule has 0 aliphatic carbocycles. The van der Waals surface area contributed by atoms with E-state index in [2.05, 4.69) is 11.4 Å². The second kappa shape index (κ2) is 5.54. The van der Waals surface area contributed by atoms with Crippen molar-refractivity contribution in [3.8, 4) is 11.5 Å². The molecule has 1 aliphatic rings. The minimum atomic E-state index is -0.0904. The number of ether oxygens (including phenoxy) is 2. The highest BCUT2D eigenvalue weighted by atomic mass is 32.1. The van der Waals surface area contributed by atoms with Crippen LogP contribution in [0.2, 0.25) is 0 Å². The second-order valence-corrected chi connectivity index (χ2v) is 5.76. The fraction of sp³-hybridized carbons (Fsp3) is 0.267. The molecular weight excluding hydrogens is 274 g/mol. The first-order chi connectivity index (χ1) is 9.72. The van der Waals surface area contributed by atoms with Crippen molar-refractivity contribution < 1.29 is 14.3 Å². The van der Waals surface area contributed by atoms with Gasteiger partial charge in [0.05, 0.1) is 0 Å². The van der Waals surface area contributed by atoms with Crippen LogP contribution in [0.25, 0.3) is 0 Å². The maximum absolute atomic E-state index is 12.2. The van der Waals surface area contributed by atoms with Gasteiger partial charge in [-0.2, -0.15) is 0 Å². The lowest BCUT2D eigenvalue weighted by molar-refractivity contribution is 0.0940. The number of hydrogen-bond donors (Lipinski definition) is 1. The number of carbonyl (C=O) groups is 1. The molecule has 2 heterocycles. The second-order valence-electron chi connectivity index (χ2n) is 4.73. The molecule has 0 saturated carbocycles. The van der Waals surface area contributed by atoms with Crippen LogP contribution in [0.1, 0.15) is 22.2 Å². The van der Waals surface area contributed by atoms with Crippen LogP contribution in [-0.2, 0) is 6.42 Å². The predicted molar refractivity (Wildman–Crippen MR) is 77.5 cm³/mol. The van der Waals surface area contributed by atoms with Gasteiger partial charge in [0.15, 0.2) is 11.5 Å². The van der Waals surface area contributed by atoms with Crippen LogP contribution < -0.4 is 14.8 Å². The van der Waals surface area contributed by atoms with E-state index in [1.807, 2.05) is 18.4 Å². The Morgan fingerprint density at radius 3 is 3.00 bits per heavy atom. The summed E-state index contributed by atoms with van der Waals surface area (Å²) in [6, 6.07) is 9.42. The Hall–Kier alpha value is -2.01. The molecule has 2 aromatic rings. The zero-order chi connectivity index (χ0) is 13.9. The molecule has 0 fully saturated rings. The molecule has 20 heavy (non-hydrogen) atoms. The molecule has 1 aliphatic heterocycles. The van der Waals surface area contributed by atoms with E-state index in [0.29, 0.717) is 17.1 Å². The fourth-order valence-electron chi connectivity index (χ4n) is 2.13. The van der Waals surface area contributed by atoms with E-state index in [9.17, 15) is 4.79 Å². The number of benzene rings is 1.